The van der Waals surface area contributed by atoms with Gasteiger partial charge in [-0.15, -0.1) is 0 Å². The summed E-state index contributed by atoms with van der Waals surface area (Å²) in [5.41, 5.74) is 3.71. The van der Waals surface area contributed by atoms with Gasteiger partial charge in [-0.3, -0.25) is 0 Å². The van der Waals surface area contributed by atoms with Crippen molar-refractivity contribution in [2.75, 3.05) is 0 Å². The Labute approximate surface area is 117 Å². The minimum absolute atomic E-state index is 0.779. The van der Waals surface area contributed by atoms with Crippen LogP contribution in [0.3, 0.4) is 0 Å². The number of benzene rings is 2. The van der Waals surface area contributed by atoms with E-state index in [1.165, 1.54) is 22.0 Å². The monoisotopic (exact) mass is 270 g/mol. The second-order valence-corrected chi connectivity index (χ2v) is 5.07. The molecule has 0 fully saturated rings. The third-order valence-electron chi connectivity index (χ3n) is 3.19. The van der Waals surface area contributed by atoms with E-state index < -0.39 is 0 Å². The molecule has 96 valence electrons. The van der Waals surface area contributed by atoms with Crippen molar-refractivity contribution in [2.24, 2.45) is 0 Å². The van der Waals surface area contributed by atoms with Crippen LogP contribution in [0.25, 0.3) is 10.9 Å². The molecule has 2 aromatic carbocycles. The van der Waals surface area contributed by atoms with Gasteiger partial charge in [-0.25, -0.2) is 0 Å². The van der Waals surface area contributed by atoms with Crippen LogP contribution in [0.5, 0.6) is 0 Å². The van der Waals surface area contributed by atoms with Gasteiger partial charge in [0.05, 0.1) is 0 Å². The van der Waals surface area contributed by atoms with Crippen LogP contribution in [0.2, 0.25) is 5.02 Å². The molecule has 0 unspecified atom stereocenters. The van der Waals surface area contributed by atoms with Crippen LogP contribution in [0.4, 0.5) is 0 Å². The molecule has 0 spiro atoms. The lowest BCUT2D eigenvalue weighted by molar-refractivity contribution is 0.694. The van der Waals surface area contributed by atoms with E-state index in [2.05, 4.69) is 34.6 Å². The number of fused-ring (bicyclic) bond motifs is 1. The highest BCUT2D eigenvalue weighted by molar-refractivity contribution is 6.30. The molecular formula is C16H15ClN2. The Morgan fingerprint density at radius 3 is 2.47 bits per heavy atom. The van der Waals surface area contributed by atoms with Gasteiger partial charge in [-0.2, -0.15) is 0 Å². The van der Waals surface area contributed by atoms with Gasteiger partial charge in [-0.1, -0.05) is 35.9 Å². The molecule has 2 nitrogen and oxygen atoms in total. The normalized spacial score (nSPS) is 11.0. The number of aromatic nitrogens is 1. The molecule has 0 atom stereocenters. The number of rotatable bonds is 4. The first-order valence-electron chi connectivity index (χ1n) is 6.32. The Balaban J connectivity index is 1.61. The SMILES string of the molecule is Clc1ccc(CNCc2ccc3cc[nH]c3c2)cc1. The fourth-order valence-corrected chi connectivity index (χ4v) is 2.28. The Morgan fingerprint density at radius 1 is 0.895 bits per heavy atom. The van der Waals surface area contributed by atoms with E-state index in [1.807, 2.05) is 30.5 Å². The van der Waals surface area contributed by atoms with Gasteiger partial charge in [0.15, 0.2) is 0 Å². The molecule has 0 saturated heterocycles. The zero-order valence-electron chi connectivity index (χ0n) is 10.5. The van der Waals surface area contributed by atoms with Crippen LogP contribution in [0.1, 0.15) is 11.1 Å². The predicted molar refractivity (Wildman–Crippen MR) is 80.3 cm³/mol. The van der Waals surface area contributed by atoms with Crippen molar-refractivity contribution in [3.8, 4) is 0 Å². The fourth-order valence-electron chi connectivity index (χ4n) is 2.16. The minimum Gasteiger partial charge on any atom is -0.361 e. The van der Waals surface area contributed by atoms with Gasteiger partial charge in [0.2, 0.25) is 0 Å². The third-order valence-corrected chi connectivity index (χ3v) is 3.44. The van der Waals surface area contributed by atoms with Crippen molar-refractivity contribution in [3.63, 3.8) is 0 Å². The van der Waals surface area contributed by atoms with Gasteiger partial charge in [0.25, 0.3) is 0 Å². The quantitative estimate of drug-likeness (QED) is 0.734. The maximum Gasteiger partial charge on any atom is 0.0457 e. The lowest BCUT2D eigenvalue weighted by Crippen LogP contribution is -2.12. The van der Waals surface area contributed by atoms with Crippen molar-refractivity contribution in [1.82, 2.24) is 10.3 Å². The Morgan fingerprint density at radius 2 is 1.63 bits per heavy atom. The second kappa shape index (κ2) is 5.47. The summed E-state index contributed by atoms with van der Waals surface area (Å²) in [5, 5.41) is 5.47. The lowest BCUT2D eigenvalue weighted by atomic mass is 10.1. The fraction of sp³-hybridized carbons (Fsp3) is 0.125. The maximum absolute atomic E-state index is 5.86. The van der Waals surface area contributed by atoms with Gasteiger partial charge in [0.1, 0.15) is 0 Å². The average molecular weight is 271 g/mol. The standard InChI is InChI=1S/C16H15ClN2/c17-15-5-2-12(3-6-15)10-18-11-13-1-4-14-7-8-19-16(14)9-13/h1-9,18-19H,10-11H2. The Hall–Kier alpha value is -1.77. The van der Waals surface area contributed by atoms with Gasteiger partial charge in [0, 0.05) is 29.8 Å². The van der Waals surface area contributed by atoms with E-state index in [9.17, 15) is 0 Å². The summed E-state index contributed by atoms with van der Waals surface area (Å²) in [6.45, 7) is 1.71. The summed E-state index contributed by atoms with van der Waals surface area (Å²) in [4.78, 5) is 3.23. The van der Waals surface area contributed by atoms with E-state index in [1.54, 1.807) is 0 Å². The van der Waals surface area contributed by atoms with Crippen molar-refractivity contribution in [1.29, 1.82) is 0 Å². The van der Waals surface area contributed by atoms with Crippen LogP contribution >= 0.6 is 11.6 Å². The van der Waals surface area contributed by atoms with Gasteiger partial charge >= 0.3 is 0 Å². The zero-order chi connectivity index (χ0) is 13.1. The molecule has 2 N–H and O–H groups in total. The second-order valence-electron chi connectivity index (χ2n) is 4.63. The summed E-state index contributed by atoms with van der Waals surface area (Å²) in [7, 11) is 0. The van der Waals surface area contributed by atoms with Crippen LogP contribution in [-0.2, 0) is 13.1 Å². The summed E-state index contributed by atoms with van der Waals surface area (Å²) in [6, 6.07) is 16.5. The third kappa shape index (κ3) is 2.98. The summed E-state index contributed by atoms with van der Waals surface area (Å²) in [5.74, 6) is 0. The zero-order valence-corrected chi connectivity index (χ0v) is 11.2. The molecule has 1 aromatic heterocycles. The number of nitrogens with one attached hydrogen (secondary N) is 2. The number of hydrogen-bond acceptors (Lipinski definition) is 1. The number of H-pyrrole nitrogens is 1. The van der Waals surface area contributed by atoms with E-state index in [-0.39, 0.29) is 0 Å². The first-order chi connectivity index (χ1) is 9.31. The largest absolute Gasteiger partial charge is 0.361 e. The Bertz CT molecular complexity index is 671. The predicted octanol–water partition coefficient (Wildman–Crippen LogP) is 4.11. The molecule has 0 aliphatic heterocycles. The molecule has 0 radical (unpaired) electrons. The van der Waals surface area contributed by atoms with Gasteiger partial charge in [-0.05, 0) is 40.8 Å². The molecule has 0 aliphatic rings. The highest BCUT2D eigenvalue weighted by Crippen LogP contribution is 2.14. The summed E-state index contributed by atoms with van der Waals surface area (Å²) < 4.78 is 0. The van der Waals surface area contributed by atoms with E-state index in [0.717, 1.165) is 18.1 Å². The first-order valence-corrected chi connectivity index (χ1v) is 6.70. The minimum atomic E-state index is 0.779. The van der Waals surface area contributed by atoms with E-state index in [0.29, 0.717) is 0 Å². The topological polar surface area (TPSA) is 27.8 Å². The summed E-state index contributed by atoms with van der Waals surface area (Å²) in [6.07, 6.45) is 1.97. The molecule has 3 aromatic rings. The molecule has 0 saturated carbocycles. The van der Waals surface area contributed by atoms with E-state index in [4.69, 9.17) is 11.6 Å². The Kier molecular flexibility index (Phi) is 3.53. The molecule has 3 rings (SSSR count). The summed E-state index contributed by atoms with van der Waals surface area (Å²) >= 11 is 5.86. The molecule has 1 heterocycles. The van der Waals surface area contributed by atoms with Crippen LogP contribution < -0.4 is 5.32 Å². The van der Waals surface area contributed by atoms with Crippen LogP contribution in [0.15, 0.2) is 54.7 Å². The number of aromatic amines is 1. The van der Waals surface area contributed by atoms with Gasteiger partial charge < -0.3 is 10.3 Å². The number of hydrogen-bond donors (Lipinski definition) is 2. The first kappa shape index (κ1) is 12.3. The van der Waals surface area contributed by atoms with Crippen molar-refractivity contribution >= 4 is 22.5 Å². The van der Waals surface area contributed by atoms with Crippen LogP contribution in [0, 0.1) is 0 Å². The van der Waals surface area contributed by atoms with Crippen molar-refractivity contribution < 1.29 is 0 Å². The maximum atomic E-state index is 5.86. The average Bonchev–Trinajstić information content (AvgIpc) is 2.88. The van der Waals surface area contributed by atoms with Crippen molar-refractivity contribution in [2.45, 2.75) is 13.1 Å². The molecule has 0 amide bonds. The lowest BCUT2D eigenvalue weighted by Gasteiger charge is -2.05. The molecule has 19 heavy (non-hydrogen) atoms. The molecule has 3 heteroatoms. The molecule has 0 bridgehead atoms. The molecular weight excluding hydrogens is 256 g/mol. The van der Waals surface area contributed by atoms with Crippen molar-refractivity contribution in [3.05, 3.63) is 70.9 Å². The smallest absolute Gasteiger partial charge is 0.0457 e. The van der Waals surface area contributed by atoms with E-state index >= 15 is 0 Å². The highest BCUT2D eigenvalue weighted by atomic mass is 35.5. The van der Waals surface area contributed by atoms with Crippen LogP contribution in [-0.4, -0.2) is 4.98 Å². The number of halogens is 1. The highest BCUT2D eigenvalue weighted by Gasteiger charge is 1.98. The molecule has 0 aliphatic carbocycles.